The number of hydrogen-bond acceptors (Lipinski definition) is 6. The first-order valence-electron chi connectivity index (χ1n) is 12.2. The van der Waals surface area contributed by atoms with Crippen molar-refractivity contribution in [3.8, 4) is 10.4 Å². The minimum absolute atomic E-state index is 0.0259. The molecule has 0 aliphatic carbocycles. The van der Waals surface area contributed by atoms with E-state index >= 15 is 0 Å². The molecule has 186 valence electrons. The van der Waals surface area contributed by atoms with Crippen molar-refractivity contribution < 1.29 is 14.1 Å². The molecule has 0 saturated carbocycles. The predicted octanol–water partition coefficient (Wildman–Crippen LogP) is 5.37. The number of hydrogen-bond donors (Lipinski definition) is 0. The van der Waals surface area contributed by atoms with Gasteiger partial charge in [0.1, 0.15) is 17.7 Å². The third-order valence-corrected chi connectivity index (χ3v) is 8.01. The molecular formula is C27H34N4O3S. The van der Waals surface area contributed by atoms with Crippen molar-refractivity contribution in [1.82, 2.24) is 19.9 Å². The molecule has 3 atom stereocenters. The van der Waals surface area contributed by atoms with Crippen LogP contribution in [0.3, 0.4) is 0 Å². The minimum atomic E-state index is -0.459. The topological polar surface area (TPSA) is 79.5 Å². The molecule has 7 nitrogen and oxygen atoms in total. The average Bonchev–Trinajstić information content (AvgIpc) is 3.59. The van der Waals surface area contributed by atoms with Gasteiger partial charge in [-0.15, -0.1) is 11.3 Å². The number of carbonyl (C=O) groups excluding carboxylic acids is 2. The van der Waals surface area contributed by atoms with Crippen LogP contribution in [0.5, 0.6) is 0 Å². The first-order valence-corrected chi connectivity index (χ1v) is 13.1. The molecule has 1 aliphatic heterocycles. The van der Waals surface area contributed by atoms with E-state index in [1.807, 2.05) is 53.2 Å². The van der Waals surface area contributed by atoms with Gasteiger partial charge in [-0.2, -0.15) is 0 Å². The highest BCUT2D eigenvalue weighted by atomic mass is 32.1. The Morgan fingerprint density at radius 1 is 1.17 bits per heavy atom. The molecule has 0 spiro atoms. The monoisotopic (exact) mass is 494 g/mol. The highest BCUT2D eigenvalue weighted by Gasteiger charge is 2.41. The van der Waals surface area contributed by atoms with Gasteiger partial charge in [0, 0.05) is 19.7 Å². The van der Waals surface area contributed by atoms with Crippen LogP contribution >= 0.6 is 11.3 Å². The van der Waals surface area contributed by atoms with E-state index in [0.29, 0.717) is 18.7 Å². The van der Waals surface area contributed by atoms with E-state index < -0.39 is 12.0 Å². The molecule has 1 aromatic carbocycles. The van der Waals surface area contributed by atoms with Crippen molar-refractivity contribution >= 4 is 23.2 Å². The SMILES string of the molecule is Cc1cc(C(C(=O)N2CCC[C@H]2C(=O)N(C)[C@@H](C)c2ccc(-c3scnc3C)cc2)C(C)C)on1. The summed E-state index contributed by atoms with van der Waals surface area (Å²) in [5.41, 5.74) is 5.81. The molecule has 0 bridgehead atoms. The molecule has 0 N–H and O–H groups in total. The number of carbonyl (C=O) groups is 2. The normalized spacial score (nSPS) is 17.6. The maximum absolute atomic E-state index is 13.6. The van der Waals surface area contributed by atoms with E-state index in [9.17, 15) is 9.59 Å². The number of nitrogens with zero attached hydrogens (tertiary/aromatic N) is 4. The first kappa shape index (κ1) is 25.1. The van der Waals surface area contributed by atoms with Crippen LogP contribution < -0.4 is 0 Å². The van der Waals surface area contributed by atoms with E-state index in [-0.39, 0.29) is 23.8 Å². The largest absolute Gasteiger partial charge is 0.360 e. The molecule has 1 aliphatic rings. The fourth-order valence-corrected chi connectivity index (χ4v) is 5.68. The molecule has 0 radical (unpaired) electrons. The molecule has 4 rings (SSSR count). The molecule has 8 heteroatoms. The number of aryl methyl sites for hydroxylation is 2. The van der Waals surface area contributed by atoms with Gasteiger partial charge in [0.25, 0.3) is 0 Å². The van der Waals surface area contributed by atoms with E-state index in [1.54, 1.807) is 21.1 Å². The van der Waals surface area contributed by atoms with Gasteiger partial charge in [-0.3, -0.25) is 9.59 Å². The maximum Gasteiger partial charge on any atom is 0.245 e. The fraction of sp³-hybridized carbons (Fsp3) is 0.481. The number of thiazole rings is 1. The summed E-state index contributed by atoms with van der Waals surface area (Å²) >= 11 is 1.63. The zero-order chi connectivity index (χ0) is 25.3. The summed E-state index contributed by atoms with van der Waals surface area (Å²) < 4.78 is 5.46. The maximum atomic E-state index is 13.6. The van der Waals surface area contributed by atoms with Gasteiger partial charge < -0.3 is 14.3 Å². The molecule has 1 saturated heterocycles. The molecule has 2 aromatic heterocycles. The Balaban J connectivity index is 1.49. The Morgan fingerprint density at radius 3 is 2.46 bits per heavy atom. The molecule has 1 unspecified atom stereocenters. The Kier molecular flexibility index (Phi) is 7.40. The second-order valence-electron chi connectivity index (χ2n) is 9.80. The Hall–Kier alpha value is -3.00. The zero-order valence-corrected chi connectivity index (χ0v) is 22.1. The summed E-state index contributed by atoms with van der Waals surface area (Å²) in [5.74, 6) is 0.0662. The average molecular weight is 495 g/mol. The summed E-state index contributed by atoms with van der Waals surface area (Å²) in [5, 5.41) is 3.97. The lowest BCUT2D eigenvalue weighted by Gasteiger charge is -2.33. The zero-order valence-electron chi connectivity index (χ0n) is 21.3. The van der Waals surface area contributed by atoms with Crippen LogP contribution in [0, 0.1) is 19.8 Å². The standard InChI is InChI=1S/C27H34N4O3S/c1-16(2)24(23-14-17(3)29-34-23)27(33)31-13-7-8-22(31)26(32)30(6)19(5)20-9-11-21(12-10-20)25-18(4)28-15-35-25/h9-12,14-16,19,22,24H,7-8,13H2,1-6H3/t19-,22-,24?/m0/s1. The van der Waals surface area contributed by atoms with Crippen LogP contribution in [-0.2, 0) is 9.59 Å². The molecule has 2 amide bonds. The van der Waals surface area contributed by atoms with E-state index in [0.717, 1.165) is 33.8 Å². The summed E-state index contributed by atoms with van der Waals surface area (Å²) in [6, 6.07) is 9.56. The van der Waals surface area contributed by atoms with Crippen molar-refractivity contribution in [3.05, 3.63) is 58.6 Å². The van der Waals surface area contributed by atoms with E-state index in [1.165, 1.54) is 0 Å². The highest BCUT2D eigenvalue weighted by molar-refractivity contribution is 7.13. The van der Waals surface area contributed by atoms with Crippen LogP contribution in [0.2, 0.25) is 0 Å². The van der Waals surface area contributed by atoms with Crippen molar-refractivity contribution in [2.75, 3.05) is 13.6 Å². The van der Waals surface area contributed by atoms with Gasteiger partial charge in [-0.25, -0.2) is 4.98 Å². The molecular weight excluding hydrogens is 460 g/mol. The number of amides is 2. The van der Waals surface area contributed by atoms with Crippen molar-refractivity contribution in [2.45, 2.75) is 65.5 Å². The smallest absolute Gasteiger partial charge is 0.245 e. The van der Waals surface area contributed by atoms with Crippen LogP contribution in [0.1, 0.15) is 68.3 Å². The third kappa shape index (κ3) is 5.03. The van der Waals surface area contributed by atoms with Crippen molar-refractivity contribution in [1.29, 1.82) is 0 Å². The second kappa shape index (κ2) is 10.3. The summed E-state index contributed by atoms with van der Waals surface area (Å²) in [4.78, 5) is 36.2. The predicted molar refractivity (Wildman–Crippen MR) is 137 cm³/mol. The summed E-state index contributed by atoms with van der Waals surface area (Å²) in [7, 11) is 1.83. The Bertz CT molecular complexity index is 1180. The van der Waals surface area contributed by atoms with Gasteiger partial charge in [0.15, 0.2) is 0 Å². The lowest BCUT2D eigenvalue weighted by molar-refractivity contribution is -0.145. The van der Waals surface area contributed by atoms with Gasteiger partial charge >= 0.3 is 0 Å². The quantitative estimate of drug-likeness (QED) is 0.441. The first-order chi connectivity index (χ1) is 16.7. The number of aromatic nitrogens is 2. The highest BCUT2D eigenvalue weighted by Crippen LogP contribution is 2.33. The third-order valence-electron chi connectivity index (χ3n) is 7.04. The van der Waals surface area contributed by atoms with Crippen LogP contribution in [0.25, 0.3) is 10.4 Å². The molecule has 35 heavy (non-hydrogen) atoms. The number of likely N-dealkylation sites (tertiary alicyclic amines) is 1. The Morgan fingerprint density at radius 2 is 1.89 bits per heavy atom. The van der Waals surface area contributed by atoms with Crippen LogP contribution in [-0.4, -0.2) is 51.4 Å². The van der Waals surface area contributed by atoms with Crippen molar-refractivity contribution in [2.24, 2.45) is 5.92 Å². The van der Waals surface area contributed by atoms with E-state index in [2.05, 4.69) is 34.4 Å². The van der Waals surface area contributed by atoms with E-state index in [4.69, 9.17) is 4.52 Å². The van der Waals surface area contributed by atoms with Gasteiger partial charge in [-0.1, -0.05) is 43.3 Å². The van der Waals surface area contributed by atoms with Gasteiger partial charge in [0.05, 0.1) is 27.8 Å². The number of benzene rings is 1. The number of rotatable bonds is 7. The lowest BCUT2D eigenvalue weighted by Crippen LogP contribution is -2.49. The molecule has 3 heterocycles. The fourth-order valence-electron chi connectivity index (χ4n) is 4.87. The summed E-state index contributed by atoms with van der Waals surface area (Å²) in [6.45, 7) is 10.5. The Labute approximate surface area is 211 Å². The molecule has 1 fully saturated rings. The minimum Gasteiger partial charge on any atom is -0.360 e. The van der Waals surface area contributed by atoms with Gasteiger partial charge in [-0.05, 0) is 50.7 Å². The summed E-state index contributed by atoms with van der Waals surface area (Å²) in [6.07, 6.45) is 1.49. The van der Waals surface area contributed by atoms with Crippen LogP contribution in [0.15, 0.2) is 40.4 Å². The second-order valence-corrected chi connectivity index (χ2v) is 10.7. The molecule has 3 aromatic rings. The van der Waals surface area contributed by atoms with Crippen LogP contribution in [0.4, 0.5) is 0 Å². The van der Waals surface area contributed by atoms with Gasteiger partial charge in [0.2, 0.25) is 11.8 Å². The van der Waals surface area contributed by atoms with Crippen molar-refractivity contribution in [3.63, 3.8) is 0 Å². The number of likely N-dealkylation sites (N-methyl/N-ethyl adjacent to an activating group) is 1. The lowest BCUT2D eigenvalue weighted by atomic mass is 9.91.